The number of unbranched alkanes of at least 4 members (excludes halogenated alkanes) is 2. The van der Waals surface area contributed by atoms with Gasteiger partial charge in [-0.15, -0.1) is 0 Å². The van der Waals surface area contributed by atoms with Crippen molar-refractivity contribution in [2.24, 2.45) is 5.84 Å². The largest absolute Gasteiger partial charge is 0.478 e. The van der Waals surface area contributed by atoms with Gasteiger partial charge in [0.15, 0.2) is 0 Å². The van der Waals surface area contributed by atoms with Crippen molar-refractivity contribution in [3.63, 3.8) is 0 Å². The van der Waals surface area contributed by atoms with Crippen molar-refractivity contribution in [2.75, 3.05) is 5.43 Å². The van der Waals surface area contributed by atoms with Crippen LogP contribution in [-0.4, -0.2) is 11.1 Å². The summed E-state index contributed by atoms with van der Waals surface area (Å²) in [4.78, 5) is 11.0. The van der Waals surface area contributed by atoms with Gasteiger partial charge in [-0.1, -0.05) is 19.8 Å². The Hall–Kier alpha value is -1.55. The zero-order valence-electron chi connectivity index (χ0n) is 9.49. The quantitative estimate of drug-likeness (QED) is 0.392. The average Bonchev–Trinajstić information content (AvgIpc) is 2.29. The summed E-state index contributed by atoms with van der Waals surface area (Å²) in [6.07, 6.45) is 4.02. The second kappa shape index (κ2) is 6.12. The fraction of sp³-hybridized carbons (Fsp3) is 0.417. The molecule has 0 saturated carbocycles. The number of hydrogen-bond acceptors (Lipinski definition) is 3. The van der Waals surface area contributed by atoms with Crippen molar-refractivity contribution < 1.29 is 9.90 Å². The first-order valence-electron chi connectivity index (χ1n) is 5.52. The van der Waals surface area contributed by atoms with Gasteiger partial charge in [0.1, 0.15) is 0 Å². The number of nitrogens with one attached hydrogen (secondary N) is 1. The number of nitrogens with two attached hydrogens (primary N) is 1. The van der Waals surface area contributed by atoms with Crippen molar-refractivity contribution >= 4 is 11.7 Å². The monoisotopic (exact) mass is 222 g/mol. The number of hydrogen-bond donors (Lipinski definition) is 3. The maximum Gasteiger partial charge on any atom is 0.335 e. The van der Waals surface area contributed by atoms with E-state index in [1.807, 2.05) is 0 Å². The number of benzene rings is 1. The normalized spacial score (nSPS) is 10.1. The predicted octanol–water partition coefficient (Wildman–Crippen LogP) is 2.40. The molecule has 4 heteroatoms. The topological polar surface area (TPSA) is 75.3 Å². The van der Waals surface area contributed by atoms with Gasteiger partial charge in [-0.05, 0) is 36.6 Å². The van der Waals surface area contributed by atoms with Crippen molar-refractivity contribution in [1.29, 1.82) is 0 Å². The summed E-state index contributed by atoms with van der Waals surface area (Å²) < 4.78 is 0. The van der Waals surface area contributed by atoms with Gasteiger partial charge in [0.05, 0.1) is 5.56 Å². The van der Waals surface area contributed by atoms with E-state index in [-0.39, 0.29) is 0 Å². The number of aryl methyl sites for hydroxylation is 1. The van der Waals surface area contributed by atoms with E-state index in [2.05, 4.69) is 12.3 Å². The summed E-state index contributed by atoms with van der Waals surface area (Å²) in [5, 5.41) is 9.03. The zero-order chi connectivity index (χ0) is 12.0. The highest BCUT2D eigenvalue weighted by Crippen LogP contribution is 2.18. The number of rotatable bonds is 6. The Kier molecular flexibility index (Phi) is 4.79. The number of hydrazine groups is 1. The van der Waals surface area contributed by atoms with Crippen LogP contribution in [0.15, 0.2) is 18.2 Å². The second-order valence-corrected chi connectivity index (χ2v) is 3.78. The van der Waals surface area contributed by atoms with Crippen LogP contribution in [0.1, 0.15) is 42.1 Å². The van der Waals surface area contributed by atoms with Crippen LogP contribution >= 0.6 is 0 Å². The lowest BCUT2D eigenvalue weighted by atomic mass is 10.0. The van der Waals surface area contributed by atoms with E-state index in [1.54, 1.807) is 18.2 Å². The molecule has 16 heavy (non-hydrogen) atoms. The molecule has 4 nitrogen and oxygen atoms in total. The van der Waals surface area contributed by atoms with Crippen LogP contribution in [0.5, 0.6) is 0 Å². The molecule has 0 radical (unpaired) electrons. The molecular weight excluding hydrogens is 204 g/mol. The average molecular weight is 222 g/mol. The van der Waals surface area contributed by atoms with E-state index < -0.39 is 5.97 Å². The molecule has 0 aromatic heterocycles. The minimum Gasteiger partial charge on any atom is -0.478 e. The molecule has 1 rings (SSSR count). The Balaban J connectivity index is 2.87. The minimum atomic E-state index is -0.880. The number of aromatic carboxylic acids is 1. The van der Waals surface area contributed by atoms with E-state index in [4.69, 9.17) is 10.9 Å². The summed E-state index contributed by atoms with van der Waals surface area (Å²) in [5.74, 6) is 4.42. The number of nitrogen functional groups attached to an aromatic ring is 1. The molecule has 0 fully saturated rings. The van der Waals surface area contributed by atoms with E-state index in [0.717, 1.165) is 36.9 Å². The lowest BCUT2D eigenvalue weighted by Gasteiger charge is -2.08. The third-order valence-electron chi connectivity index (χ3n) is 2.55. The third kappa shape index (κ3) is 3.24. The van der Waals surface area contributed by atoms with Crippen molar-refractivity contribution in [3.05, 3.63) is 29.3 Å². The van der Waals surface area contributed by atoms with Crippen LogP contribution in [-0.2, 0) is 6.42 Å². The molecule has 0 atom stereocenters. The van der Waals surface area contributed by atoms with Crippen LogP contribution in [0.3, 0.4) is 0 Å². The lowest BCUT2D eigenvalue weighted by molar-refractivity contribution is 0.0695. The molecule has 88 valence electrons. The highest BCUT2D eigenvalue weighted by Gasteiger charge is 2.09. The van der Waals surface area contributed by atoms with Gasteiger partial charge in [-0.25, -0.2) is 4.79 Å². The van der Waals surface area contributed by atoms with E-state index in [0.29, 0.717) is 5.56 Å². The van der Waals surface area contributed by atoms with E-state index >= 15 is 0 Å². The van der Waals surface area contributed by atoms with E-state index in [9.17, 15) is 4.79 Å². The highest BCUT2D eigenvalue weighted by atomic mass is 16.4. The number of carboxylic acids is 1. The van der Waals surface area contributed by atoms with Gasteiger partial charge in [0.25, 0.3) is 0 Å². The van der Waals surface area contributed by atoms with Gasteiger partial charge < -0.3 is 10.5 Å². The Bertz CT molecular complexity index is 364. The SMILES string of the molecule is CCCCCc1cc(NN)ccc1C(=O)O. The highest BCUT2D eigenvalue weighted by molar-refractivity contribution is 5.90. The van der Waals surface area contributed by atoms with E-state index in [1.165, 1.54) is 0 Å². The van der Waals surface area contributed by atoms with Crippen molar-refractivity contribution in [1.82, 2.24) is 0 Å². The molecule has 0 saturated heterocycles. The molecule has 4 N–H and O–H groups in total. The lowest BCUT2D eigenvalue weighted by Crippen LogP contribution is -2.09. The minimum absolute atomic E-state index is 0.370. The first-order chi connectivity index (χ1) is 7.69. The summed E-state index contributed by atoms with van der Waals surface area (Å²) in [6, 6.07) is 5.07. The van der Waals surface area contributed by atoms with Crippen LogP contribution in [0.25, 0.3) is 0 Å². The smallest absolute Gasteiger partial charge is 0.335 e. The fourth-order valence-electron chi connectivity index (χ4n) is 1.66. The molecule has 0 aliphatic heterocycles. The summed E-state index contributed by atoms with van der Waals surface area (Å²) >= 11 is 0. The predicted molar refractivity (Wildman–Crippen MR) is 64.4 cm³/mol. The third-order valence-corrected chi connectivity index (χ3v) is 2.55. The van der Waals surface area contributed by atoms with Gasteiger partial charge >= 0.3 is 5.97 Å². The molecule has 0 aliphatic rings. The van der Waals surface area contributed by atoms with Crippen LogP contribution in [0.2, 0.25) is 0 Å². The Morgan fingerprint density at radius 3 is 2.75 bits per heavy atom. The maximum atomic E-state index is 11.0. The molecule has 1 aromatic carbocycles. The Morgan fingerprint density at radius 2 is 2.19 bits per heavy atom. The Labute approximate surface area is 95.4 Å². The number of anilines is 1. The molecular formula is C12H18N2O2. The van der Waals surface area contributed by atoms with Gasteiger partial charge in [-0.2, -0.15) is 0 Å². The molecule has 0 heterocycles. The molecule has 1 aromatic rings. The van der Waals surface area contributed by atoms with Crippen LogP contribution < -0.4 is 11.3 Å². The van der Waals surface area contributed by atoms with Gasteiger partial charge in [0.2, 0.25) is 0 Å². The maximum absolute atomic E-state index is 11.0. The summed E-state index contributed by atoms with van der Waals surface area (Å²) in [6.45, 7) is 2.12. The summed E-state index contributed by atoms with van der Waals surface area (Å²) in [5.41, 5.74) is 4.49. The van der Waals surface area contributed by atoms with Crippen LogP contribution in [0, 0.1) is 0 Å². The Morgan fingerprint density at radius 1 is 1.44 bits per heavy atom. The first kappa shape index (κ1) is 12.5. The number of carboxylic acid groups (broad SMARTS) is 1. The number of carbonyl (C=O) groups is 1. The first-order valence-corrected chi connectivity index (χ1v) is 5.52. The zero-order valence-corrected chi connectivity index (χ0v) is 9.49. The molecule has 0 aliphatic carbocycles. The fourth-order valence-corrected chi connectivity index (χ4v) is 1.66. The van der Waals surface area contributed by atoms with Gasteiger partial charge in [0, 0.05) is 5.69 Å². The standard InChI is InChI=1S/C12H18N2O2/c1-2-3-4-5-9-8-10(14-13)6-7-11(9)12(15)16/h6-8,14H,2-5,13H2,1H3,(H,15,16). The molecule has 0 bridgehead atoms. The molecule has 0 unspecified atom stereocenters. The second-order valence-electron chi connectivity index (χ2n) is 3.78. The van der Waals surface area contributed by atoms with Crippen LogP contribution in [0.4, 0.5) is 5.69 Å². The summed E-state index contributed by atoms with van der Waals surface area (Å²) in [7, 11) is 0. The molecule has 0 amide bonds. The molecule has 0 spiro atoms. The van der Waals surface area contributed by atoms with Crippen molar-refractivity contribution in [2.45, 2.75) is 32.6 Å². The van der Waals surface area contributed by atoms with Crippen molar-refractivity contribution in [3.8, 4) is 0 Å². The van der Waals surface area contributed by atoms with Gasteiger partial charge in [-0.3, -0.25) is 5.84 Å².